The van der Waals surface area contributed by atoms with Crippen LogP contribution in [0, 0.1) is 0 Å². The van der Waals surface area contributed by atoms with E-state index in [1.165, 1.54) is 33.7 Å². The van der Waals surface area contributed by atoms with Crippen molar-refractivity contribution in [3.8, 4) is 5.75 Å². The molecule has 0 aliphatic carbocycles. The number of halogens is 1. The number of hydrogen-bond donors (Lipinski definition) is 1. The predicted molar refractivity (Wildman–Crippen MR) is 80.1 cm³/mol. The van der Waals surface area contributed by atoms with Gasteiger partial charge in [-0.1, -0.05) is 0 Å². The highest BCUT2D eigenvalue weighted by Crippen LogP contribution is 2.25. The average molecular weight is 358 g/mol. The Labute approximate surface area is 131 Å². The summed E-state index contributed by atoms with van der Waals surface area (Å²) in [6.07, 6.45) is 2.68. The first-order valence-electron chi connectivity index (χ1n) is 5.95. The molecule has 0 bridgehead atoms. The van der Waals surface area contributed by atoms with Gasteiger partial charge in [0, 0.05) is 5.56 Å². The third-order valence-corrected chi connectivity index (χ3v) is 3.22. The first-order valence-corrected chi connectivity index (χ1v) is 6.74. The number of rotatable bonds is 6. The fourth-order valence-corrected chi connectivity index (χ4v) is 1.90. The minimum Gasteiger partial charge on any atom is -0.505 e. The normalized spacial score (nSPS) is 11.8. The molecule has 0 aliphatic rings. The average Bonchev–Trinajstić information content (AvgIpc) is 2.50. The van der Waals surface area contributed by atoms with Crippen LogP contribution in [-0.2, 0) is 14.3 Å². The van der Waals surface area contributed by atoms with Crippen LogP contribution < -0.4 is 10.1 Å². The standard InChI is InChI=1S/C14H16BrNO5/c1-19-7-6-11(14(18)21-3)16-13(17)9-4-5-10(15)12(8-9)20-2/h4-8,11H,1-3H3,(H,16,17)/b7-6-/t11-/m0/s1. The third-order valence-electron chi connectivity index (χ3n) is 2.56. The van der Waals surface area contributed by atoms with Crippen molar-refractivity contribution in [3.63, 3.8) is 0 Å². The molecular weight excluding hydrogens is 342 g/mol. The van der Waals surface area contributed by atoms with Crippen molar-refractivity contribution >= 4 is 27.8 Å². The molecule has 1 aromatic carbocycles. The second-order valence-electron chi connectivity index (χ2n) is 3.89. The van der Waals surface area contributed by atoms with Gasteiger partial charge in [0.2, 0.25) is 0 Å². The molecule has 1 atom stereocenters. The van der Waals surface area contributed by atoms with Crippen molar-refractivity contribution in [2.75, 3.05) is 21.3 Å². The SMILES string of the molecule is CO/C=C\[C@H](NC(=O)c1ccc(Br)c(OC)c1)C(=O)OC. The summed E-state index contributed by atoms with van der Waals surface area (Å²) < 4.78 is 15.2. The van der Waals surface area contributed by atoms with Crippen LogP contribution in [-0.4, -0.2) is 39.2 Å². The molecule has 0 spiro atoms. The molecule has 21 heavy (non-hydrogen) atoms. The molecule has 1 aromatic rings. The number of carbonyl (C=O) groups excluding carboxylic acids is 2. The number of hydrogen-bond acceptors (Lipinski definition) is 5. The summed E-state index contributed by atoms with van der Waals surface area (Å²) in [5.74, 6) is -0.512. The molecule has 0 aromatic heterocycles. The van der Waals surface area contributed by atoms with Gasteiger partial charge in [-0.05, 0) is 40.2 Å². The predicted octanol–water partition coefficient (Wildman–Crippen LogP) is 1.89. The molecule has 0 saturated heterocycles. The van der Waals surface area contributed by atoms with Crippen LogP contribution in [0.2, 0.25) is 0 Å². The molecule has 7 heteroatoms. The third kappa shape index (κ3) is 4.78. The number of nitrogens with one attached hydrogen (secondary N) is 1. The highest BCUT2D eigenvalue weighted by molar-refractivity contribution is 9.10. The van der Waals surface area contributed by atoms with E-state index < -0.39 is 17.9 Å². The topological polar surface area (TPSA) is 73.9 Å². The van der Waals surface area contributed by atoms with E-state index in [0.29, 0.717) is 11.3 Å². The minimum atomic E-state index is -0.933. The summed E-state index contributed by atoms with van der Waals surface area (Å²) in [5, 5.41) is 2.54. The van der Waals surface area contributed by atoms with E-state index in [1.807, 2.05) is 0 Å². The summed E-state index contributed by atoms with van der Waals surface area (Å²) in [6.45, 7) is 0. The molecule has 114 valence electrons. The van der Waals surface area contributed by atoms with Crippen LogP contribution in [0.25, 0.3) is 0 Å². The zero-order valence-corrected chi connectivity index (χ0v) is 13.5. The van der Waals surface area contributed by atoms with Crippen molar-refractivity contribution in [1.82, 2.24) is 5.32 Å². The van der Waals surface area contributed by atoms with Gasteiger partial charge >= 0.3 is 5.97 Å². The lowest BCUT2D eigenvalue weighted by molar-refractivity contribution is -0.141. The lowest BCUT2D eigenvalue weighted by Gasteiger charge is -2.13. The molecule has 0 saturated carbocycles. The van der Waals surface area contributed by atoms with Crippen LogP contribution in [0.1, 0.15) is 10.4 Å². The van der Waals surface area contributed by atoms with Crippen LogP contribution in [0.3, 0.4) is 0 Å². The highest BCUT2D eigenvalue weighted by Gasteiger charge is 2.20. The van der Waals surface area contributed by atoms with Gasteiger partial charge in [-0.2, -0.15) is 0 Å². The molecular formula is C14H16BrNO5. The van der Waals surface area contributed by atoms with Crippen LogP contribution in [0.5, 0.6) is 5.75 Å². The van der Waals surface area contributed by atoms with Crippen LogP contribution in [0.15, 0.2) is 35.0 Å². The maximum Gasteiger partial charge on any atom is 0.332 e. The number of carbonyl (C=O) groups is 2. The van der Waals surface area contributed by atoms with E-state index in [1.54, 1.807) is 18.2 Å². The number of amides is 1. The van der Waals surface area contributed by atoms with Gasteiger partial charge in [-0.15, -0.1) is 0 Å². The molecule has 1 amide bonds. The Balaban J connectivity index is 2.91. The zero-order chi connectivity index (χ0) is 15.8. The van der Waals surface area contributed by atoms with Crippen molar-refractivity contribution in [2.24, 2.45) is 0 Å². The Morgan fingerprint density at radius 3 is 2.57 bits per heavy atom. The van der Waals surface area contributed by atoms with E-state index in [-0.39, 0.29) is 0 Å². The first-order chi connectivity index (χ1) is 10.0. The largest absolute Gasteiger partial charge is 0.505 e. The lowest BCUT2D eigenvalue weighted by Crippen LogP contribution is -2.40. The van der Waals surface area contributed by atoms with E-state index in [9.17, 15) is 9.59 Å². The van der Waals surface area contributed by atoms with Crippen LogP contribution in [0.4, 0.5) is 0 Å². The molecule has 0 radical (unpaired) electrons. The Hall–Kier alpha value is -2.02. The molecule has 0 fully saturated rings. The highest BCUT2D eigenvalue weighted by atomic mass is 79.9. The molecule has 6 nitrogen and oxygen atoms in total. The Morgan fingerprint density at radius 2 is 2.00 bits per heavy atom. The Morgan fingerprint density at radius 1 is 1.29 bits per heavy atom. The van der Waals surface area contributed by atoms with E-state index in [4.69, 9.17) is 9.47 Å². The van der Waals surface area contributed by atoms with Gasteiger partial charge < -0.3 is 19.5 Å². The summed E-state index contributed by atoms with van der Waals surface area (Å²) in [4.78, 5) is 23.7. The molecule has 0 heterocycles. The van der Waals surface area contributed by atoms with E-state index in [2.05, 4.69) is 26.0 Å². The van der Waals surface area contributed by atoms with E-state index in [0.717, 1.165) is 4.47 Å². The fraction of sp³-hybridized carbons (Fsp3) is 0.286. The Kier molecular flexibility index (Phi) is 6.74. The van der Waals surface area contributed by atoms with Crippen molar-refractivity contribution < 1.29 is 23.8 Å². The van der Waals surface area contributed by atoms with Crippen molar-refractivity contribution in [2.45, 2.75) is 6.04 Å². The van der Waals surface area contributed by atoms with Crippen molar-refractivity contribution in [3.05, 3.63) is 40.6 Å². The summed E-state index contributed by atoms with van der Waals surface area (Å²) in [6, 6.07) is 3.92. The number of methoxy groups -OCH3 is 3. The van der Waals surface area contributed by atoms with Gasteiger partial charge in [0.1, 0.15) is 11.8 Å². The maximum absolute atomic E-state index is 12.2. The summed E-state index contributed by atoms with van der Waals surface area (Å²) >= 11 is 3.30. The second kappa shape index (κ2) is 8.31. The van der Waals surface area contributed by atoms with Gasteiger partial charge in [0.05, 0.1) is 32.1 Å². The van der Waals surface area contributed by atoms with E-state index >= 15 is 0 Å². The van der Waals surface area contributed by atoms with Crippen molar-refractivity contribution in [1.29, 1.82) is 0 Å². The first kappa shape index (κ1) is 17.0. The molecule has 0 unspecified atom stereocenters. The van der Waals surface area contributed by atoms with Gasteiger partial charge in [0.15, 0.2) is 0 Å². The molecule has 1 N–H and O–H groups in total. The quantitative estimate of drug-likeness (QED) is 0.621. The lowest BCUT2D eigenvalue weighted by atomic mass is 10.2. The minimum absolute atomic E-state index is 0.356. The summed E-state index contributed by atoms with van der Waals surface area (Å²) in [7, 11) is 4.18. The number of benzene rings is 1. The van der Waals surface area contributed by atoms with Gasteiger partial charge in [-0.3, -0.25) is 4.79 Å². The Bertz CT molecular complexity index is 544. The number of esters is 1. The van der Waals surface area contributed by atoms with Gasteiger partial charge in [0.25, 0.3) is 5.91 Å². The zero-order valence-electron chi connectivity index (χ0n) is 11.9. The molecule has 1 rings (SSSR count). The summed E-state index contributed by atoms with van der Waals surface area (Å²) in [5.41, 5.74) is 0.356. The monoisotopic (exact) mass is 357 g/mol. The maximum atomic E-state index is 12.2. The van der Waals surface area contributed by atoms with Gasteiger partial charge in [-0.25, -0.2) is 4.79 Å². The number of ether oxygens (including phenoxy) is 3. The second-order valence-corrected chi connectivity index (χ2v) is 4.74. The smallest absolute Gasteiger partial charge is 0.332 e. The fourth-order valence-electron chi connectivity index (χ4n) is 1.50. The van der Waals surface area contributed by atoms with Crippen LogP contribution >= 0.6 is 15.9 Å². The molecule has 0 aliphatic heterocycles.